The smallest absolute Gasteiger partial charge is 0.340 e. The van der Waals surface area contributed by atoms with Gasteiger partial charge in [0.2, 0.25) is 5.91 Å². The molecule has 0 N–H and O–H groups in total. The number of nitrogens with zero attached hydrogens (tertiary/aromatic N) is 3. The molecule has 2 atom stereocenters. The molecule has 0 aromatic carbocycles. The Balaban J connectivity index is 1.81. The molecule has 0 spiro atoms. The van der Waals surface area contributed by atoms with Crippen molar-refractivity contribution in [1.82, 2.24) is 14.7 Å². The Labute approximate surface area is 123 Å². The van der Waals surface area contributed by atoms with E-state index in [1.54, 1.807) is 6.92 Å². The molecule has 0 aromatic heterocycles. The highest BCUT2D eigenvalue weighted by molar-refractivity contribution is 5.73. The van der Waals surface area contributed by atoms with Gasteiger partial charge in [-0.05, 0) is 5.92 Å². The summed E-state index contributed by atoms with van der Waals surface area (Å²) in [6.07, 6.45) is -4.81. The van der Waals surface area contributed by atoms with Crippen molar-refractivity contribution < 1.29 is 18.0 Å². The molecular weight excluding hydrogens is 283 g/mol. The van der Waals surface area contributed by atoms with Crippen molar-refractivity contribution in [2.24, 2.45) is 5.92 Å². The summed E-state index contributed by atoms with van der Waals surface area (Å²) in [5, 5.41) is 0. The van der Waals surface area contributed by atoms with E-state index in [-0.39, 0.29) is 12.5 Å². The number of rotatable bonds is 3. The van der Waals surface area contributed by atoms with Gasteiger partial charge in [0.25, 0.3) is 0 Å². The highest BCUT2D eigenvalue weighted by Crippen LogP contribution is 2.26. The van der Waals surface area contributed by atoms with Gasteiger partial charge < -0.3 is 9.80 Å². The molecule has 7 heteroatoms. The molecule has 122 valence electrons. The third kappa shape index (κ3) is 4.57. The Bertz CT molecular complexity index is 367. The van der Waals surface area contributed by atoms with Crippen molar-refractivity contribution in [2.45, 2.75) is 32.5 Å². The average molecular weight is 307 g/mol. The number of halogens is 3. The number of alkyl halides is 3. The SMILES string of the molecule is CC(=O)N1CCN([C@@H]2CN(CCC(F)(F)F)C[C@H]2C)CC1. The highest BCUT2D eigenvalue weighted by atomic mass is 19.4. The second-order valence-corrected chi connectivity index (χ2v) is 6.21. The van der Waals surface area contributed by atoms with Crippen molar-refractivity contribution >= 4 is 5.91 Å². The lowest BCUT2D eigenvalue weighted by Crippen LogP contribution is -2.53. The number of amides is 1. The van der Waals surface area contributed by atoms with Crippen LogP contribution in [0.4, 0.5) is 13.2 Å². The maximum absolute atomic E-state index is 12.3. The molecule has 0 saturated carbocycles. The van der Waals surface area contributed by atoms with Crippen LogP contribution in [0.1, 0.15) is 20.3 Å². The first-order valence-electron chi connectivity index (χ1n) is 7.55. The summed E-state index contributed by atoms with van der Waals surface area (Å²) >= 11 is 0. The molecule has 21 heavy (non-hydrogen) atoms. The number of likely N-dealkylation sites (tertiary alicyclic amines) is 1. The molecule has 2 heterocycles. The molecule has 4 nitrogen and oxygen atoms in total. The van der Waals surface area contributed by atoms with Crippen LogP contribution in [-0.4, -0.2) is 78.6 Å². The van der Waals surface area contributed by atoms with Crippen LogP contribution in [0.25, 0.3) is 0 Å². The molecule has 1 amide bonds. The monoisotopic (exact) mass is 307 g/mol. The van der Waals surface area contributed by atoms with Crippen molar-refractivity contribution in [3.05, 3.63) is 0 Å². The van der Waals surface area contributed by atoms with E-state index in [2.05, 4.69) is 11.8 Å². The van der Waals surface area contributed by atoms with E-state index in [9.17, 15) is 18.0 Å². The molecule has 2 fully saturated rings. The molecule has 0 bridgehead atoms. The molecule has 0 aromatic rings. The van der Waals surface area contributed by atoms with Gasteiger partial charge in [-0.3, -0.25) is 9.69 Å². The van der Waals surface area contributed by atoms with Crippen molar-refractivity contribution in [3.63, 3.8) is 0 Å². The minimum Gasteiger partial charge on any atom is -0.340 e. The van der Waals surface area contributed by atoms with E-state index < -0.39 is 12.6 Å². The first-order chi connectivity index (χ1) is 9.76. The zero-order valence-electron chi connectivity index (χ0n) is 12.7. The van der Waals surface area contributed by atoms with E-state index in [1.807, 2.05) is 9.80 Å². The molecule has 2 rings (SSSR count). The molecule has 0 radical (unpaired) electrons. The van der Waals surface area contributed by atoms with Crippen LogP contribution in [0.3, 0.4) is 0 Å². The first-order valence-corrected chi connectivity index (χ1v) is 7.55. The number of piperazine rings is 1. The van der Waals surface area contributed by atoms with Crippen LogP contribution in [0.5, 0.6) is 0 Å². The van der Waals surface area contributed by atoms with Gasteiger partial charge in [0, 0.05) is 58.8 Å². The van der Waals surface area contributed by atoms with Gasteiger partial charge >= 0.3 is 6.18 Å². The molecular formula is C14H24F3N3O. The number of hydrogen-bond donors (Lipinski definition) is 0. The average Bonchev–Trinajstić information content (AvgIpc) is 2.77. The standard InChI is InChI=1S/C14H24F3N3O/c1-11-9-18(4-3-14(15,16)17)10-13(11)20-7-5-19(6-8-20)12(2)21/h11,13H,3-10H2,1-2H3/t11-,13-/m1/s1. The summed E-state index contributed by atoms with van der Waals surface area (Å²) in [4.78, 5) is 17.4. The topological polar surface area (TPSA) is 26.8 Å². The van der Waals surface area contributed by atoms with Gasteiger partial charge in [-0.25, -0.2) is 0 Å². The van der Waals surface area contributed by atoms with E-state index in [0.29, 0.717) is 18.5 Å². The molecule has 0 unspecified atom stereocenters. The summed E-state index contributed by atoms with van der Waals surface area (Å²) in [7, 11) is 0. The maximum atomic E-state index is 12.3. The molecule has 2 saturated heterocycles. The van der Waals surface area contributed by atoms with Crippen molar-refractivity contribution in [3.8, 4) is 0 Å². The van der Waals surface area contributed by atoms with Crippen molar-refractivity contribution in [2.75, 3.05) is 45.8 Å². The normalized spacial score (nSPS) is 29.1. The van der Waals surface area contributed by atoms with Gasteiger partial charge in [0.15, 0.2) is 0 Å². The number of carbonyl (C=O) groups is 1. The van der Waals surface area contributed by atoms with E-state index in [0.717, 1.165) is 32.7 Å². The summed E-state index contributed by atoms with van der Waals surface area (Å²) in [6.45, 7) is 8.30. The van der Waals surface area contributed by atoms with Gasteiger partial charge in [0.1, 0.15) is 0 Å². The van der Waals surface area contributed by atoms with Crippen molar-refractivity contribution in [1.29, 1.82) is 0 Å². The zero-order chi connectivity index (χ0) is 15.6. The second kappa shape index (κ2) is 6.52. The third-order valence-electron chi connectivity index (χ3n) is 4.59. The summed E-state index contributed by atoms with van der Waals surface area (Å²) in [5.74, 6) is 0.475. The Kier molecular flexibility index (Phi) is 5.14. The lowest BCUT2D eigenvalue weighted by molar-refractivity contribution is -0.137. The zero-order valence-corrected chi connectivity index (χ0v) is 12.7. The maximum Gasteiger partial charge on any atom is 0.390 e. The molecule has 2 aliphatic rings. The Morgan fingerprint density at radius 3 is 2.29 bits per heavy atom. The van der Waals surface area contributed by atoms with E-state index in [4.69, 9.17) is 0 Å². The Hall–Kier alpha value is -0.820. The van der Waals surface area contributed by atoms with Crippen LogP contribution >= 0.6 is 0 Å². The van der Waals surface area contributed by atoms with Crippen LogP contribution in [0.15, 0.2) is 0 Å². The number of carbonyl (C=O) groups excluding carboxylic acids is 1. The summed E-state index contributed by atoms with van der Waals surface area (Å²) in [5.41, 5.74) is 0. The summed E-state index contributed by atoms with van der Waals surface area (Å²) < 4.78 is 36.9. The van der Waals surface area contributed by atoms with Gasteiger partial charge in [0.05, 0.1) is 6.42 Å². The fourth-order valence-corrected chi connectivity index (χ4v) is 3.36. The summed E-state index contributed by atoms with van der Waals surface area (Å²) in [6, 6.07) is 0.312. The predicted molar refractivity (Wildman–Crippen MR) is 73.9 cm³/mol. The third-order valence-corrected chi connectivity index (χ3v) is 4.59. The number of hydrogen-bond acceptors (Lipinski definition) is 3. The predicted octanol–water partition coefficient (Wildman–Crippen LogP) is 1.42. The minimum atomic E-state index is -4.07. The van der Waals surface area contributed by atoms with E-state index >= 15 is 0 Å². The molecule has 2 aliphatic heterocycles. The van der Waals surface area contributed by atoms with Gasteiger partial charge in [-0.1, -0.05) is 6.92 Å². The lowest BCUT2D eigenvalue weighted by Gasteiger charge is -2.39. The van der Waals surface area contributed by atoms with Gasteiger partial charge in [-0.15, -0.1) is 0 Å². The lowest BCUT2D eigenvalue weighted by atomic mass is 10.0. The fourth-order valence-electron chi connectivity index (χ4n) is 3.36. The fraction of sp³-hybridized carbons (Fsp3) is 0.929. The van der Waals surface area contributed by atoms with E-state index in [1.165, 1.54) is 0 Å². The van der Waals surface area contributed by atoms with Gasteiger partial charge in [-0.2, -0.15) is 13.2 Å². The molecule has 0 aliphatic carbocycles. The van der Waals surface area contributed by atoms with Crippen LogP contribution in [0.2, 0.25) is 0 Å². The first kappa shape index (κ1) is 16.5. The highest BCUT2D eigenvalue weighted by Gasteiger charge is 2.37. The largest absolute Gasteiger partial charge is 0.390 e. The second-order valence-electron chi connectivity index (χ2n) is 6.21. The van der Waals surface area contributed by atoms with Crippen LogP contribution < -0.4 is 0 Å². The minimum absolute atomic E-state index is 0.0950. The quantitative estimate of drug-likeness (QED) is 0.789. The Morgan fingerprint density at radius 1 is 1.14 bits per heavy atom. The van der Waals surface area contributed by atoms with Crippen LogP contribution in [0, 0.1) is 5.92 Å². The van der Waals surface area contributed by atoms with Crippen LogP contribution in [-0.2, 0) is 4.79 Å². The Morgan fingerprint density at radius 2 is 1.76 bits per heavy atom.